The molecule has 1 aromatic heterocycles. The number of carbonyl (C=O) groups excluding carboxylic acids is 1. The van der Waals surface area contributed by atoms with Crippen molar-refractivity contribution >= 4 is 32.3 Å². The molecule has 0 radical (unpaired) electrons. The zero-order chi connectivity index (χ0) is 18.8. The molecule has 1 N–H and O–H groups in total. The van der Waals surface area contributed by atoms with Crippen LogP contribution in [0.2, 0.25) is 0 Å². The van der Waals surface area contributed by atoms with Crippen LogP contribution in [0.3, 0.4) is 0 Å². The summed E-state index contributed by atoms with van der Waals surface area (Å²) >= 11 is 1.37. The average Bonchev–Trinajstić information content (AvgIpc) is 3.16. The van der Waals surface area contributed by atoms with Crippen molar-refractivity contribution in [3.8, 4) is 11.1 Å². The van der Waals surface area contributed by atoms with Gasteiger partial charge in [0.05, 0.1) is 12.1 Å². The Morgan fingerprint density at radius 2 is 1.78 bits per heavy atom. The number of hydrogen-bond acceptors (Lipinski definition) is 4. The lowest BCUT2D eigenvalue weighted by Crippen LogP contribution is -2.31. The zero-order valence-corrected chi connectivity index (χ0v) is 15.5. The van der Waals surface area contributed by atoms with Crippen molar-refractivity contribution < 1.29 is 9.18 Å². The van der Waals surface area contributed by atoms with Crippen LogP contribution in [-0.2, 0) is 4.79 Å². The molecule has 1 saturated heterocycles. The first-order valence-electron chi connectivity index (χ1n) is 8.96. The molecule has 138 valence electrons. The Morgan fingerprint density at radius 3 is 2.52 bits per heavy atom. The number of hydrogen-bond donors (Lipinski definition) is 1. The van der Waals surface area contributed by atoms with Gasteiger partial charge in [0.1, 0.15) is 10.8 Å². The summed E-state index contributed by atoms with van der Waals surface area (Å²) in [5.74, 6) is -0.499. The van der Waals surface area contributed by atoms with Gasteiger partial charge in [0.2, 0.25) is 5.91 Å². The molecule has 0 aliphatic carbocycles. The third-order valence-corrected chi connectivity index (χ3v) is 5.84. The summed E-state index contributed by atoms with van der Waals surface area (Å²) in [5, 5.41) is 4.03. The van der Waals surface area contributed by atoms with Crippen LogP contribution in [-0.4, -0.2) is 30.4 Å². The Morgan fingerprint density at radius 1 is 1.07 bits per heavy atom. The summed E-state index contributed by atoms with van der Waals surface area (Å²) in [5.41, 5.74) is 0.848. The van der Waals surface area contributed by atoms with Crippen LogP contribution in [0.25, 0.3) is 21.2 Å². The highest BCUT2D eigenvalue weighted by Gasteiger charge is 2.19. The number of rotatable bonds is 4. The van der Waals surface area contributed by atoms with Crippen LogP contribution >= 0.6 is 11.3 Å². The SMILES string of the molecule is O=C(CN1CCCC1)Nc1sc2ccccc2c(=O)c1-c1ccc(F)cc1. The minimum Gasteiger partial charge on any atom is -0.316 e. The largest absolute Gasteiger partial charge is 0.316 e. The van der Waals surface area contributed by atoms with E-state index in [9.17, 15) is 14.0 Å². The van der Waals surface area contributed by atoms with Crippen LogP contribution in [0, 0.1) is 5.82 Å². The number of fused-ring (bicyclic) bond motifs is 1. The van der Waals surface area contributed by atoms with Gasteiger partial charge in [-0.15, -0.1) is 11.3 Å². The highest BCUT2D eigenvalue weighted by molar-refractivity contribution is 7.22. The molecule has 0 unspecified atom stereocenters. The van der Waals surface area contributed by atoms with E-state index in [0.29, 0.717) is 28.1 Å². The molecule has 0 bridgehead atoms. The second-order valence-electron chi connectivity index (χ2n) is 6.67. The minimum absolute atomic E-state index is 0.133. The fourth-order valence-corrected chi connectivity index (χ4v) is 4.53. The minimum atomic E-state index is -0.365. The van der Waals surface area contributed by atoms with Crippen molar-refractivity contribution in [2.24, 2.45) is 0 Å². The third kappa shape index (κ3) is 3.77. The third-order valence-electron chi connectivity index (χ3n) is 4.75. The van der Waals surface area contributed by atoms with Crippen molar-refractivity contribution in [3.63, 3.8) is 0 Å². The second-order valence-corrected chi connectivity index (χ2v) is 7.72. The van der Waals surface area contributed by atoms with E-state index >= 15 is 0 Å². The Labute approximate surface area is 160 Å². The number of anilines is 1. The van der Waals surface area contributed by atoms with E-state index < -0.39 is 0 Å². The van der Waals surface area contributed by atoms with Gasteiger partial charge < -0.3 is 5.32 Å². The van der Waals surface area contributed by atoms with E-state index in [1.165, 1.54) is 23.5 Å². The molecule has 1 aliphatic heterocycles. The lowest BCUT2D eigenvalue weighted by atomic mass is 10.1. The first kappa shape index (κ1) is 17.8. The molecule has 4 rings (SSSR count). The topological polar surface area (TPSA) is 49.4 Å². The quantitative estimate of drug-likeness (QED) is 0.739. The van der Waals surface area contributed by atoms with Gasteiger partial charge in [-0.25, -0.2) is 4.39 Å². The monoisotopic (exact) mass is 382 g/mol. The van der Waals surface area contributed by atoms with Crippen molar-refractivity contribution in [2.45, 2.75) is 12.8 Å². The Hall–Kier alpha value is -2.57. The highest BCUT2D eigenvalue weighted by atomic mass is 32.1. The zero-order valence-electron chi connectivity index (χ0n) is 14.7. The molecular weight excluding hydrogens is 363 g/mol. The molecule has 0 spiro atoms. The summed E-state index contributed by atoms with van der Waals surface area (Å²) in [6.45, 7) is 2.16. The molecule has 1 amide bonds. The van der Waals surface area contributed by atoms with Gasteiger partial charge in [-0.1, -0.05) is 24.3 Å². The molecule has 2 aromatic carbocycles. The Kier molecular flexibility index (Phi) is 5.01. The number of amides is 1. The Balaban J connectivity index is 1.77. The number of nitrogens with zero attached hydrogens (tertiary/aromatic N) is 1. The van der Waals surface area contributed by atoms with Gasteiger partial charge in [0, 0.05) is 10.1 Å². The summed E-state index contributed by atoms with van der Waals surface area (Å²) in [4.78, 5) is 27.8. The lowest BCUT2D eigenvalue weighted by Gasteiger charge is -2.16. The molecule has 27 heavy (non-hydrogen) atoms. The molecule has 1 aliphatic rings. The molecule has 4 nitrogen and oxygen atoms in total. The maximum Gasteiger partial charge on any atom is 0.239 e. The smallest absolute Gasteiger partial charge is 0.239 e. The average molecular weight is 382 g/mol. The lowest BCUT2D eigenvalue weighted by molar-refractivity contribution is -0.117. The number of carbonyl (C=O) groups is 1. The van der Waals surface area contributed by atoms with E-state index in [1.807, 2.05) is 18.2 Å². The van der Waals surface area contributed by atoms with Crippen LogP contribution < -0.4 is 10.7 Å². The molecule has 2 heterocycles. The molecule has 6 heteroatoms. The van der Waals surface area contributed by atoms with Gasteiger partial charge in [0.25, 0.3) is 0 Å². The van der Waals surface area contributed by atoms with Gasteiger partial charge in [-0.05, 0) is 55.8 Å². The van der Waals surface area contributed by atoms with Gasteiger partial charge >= 0.3 is 0 Å². The summed E-state index contributed by atoms with van der Waals surface area (Å²) in [6.07, 6.45) is 2.22. The van der Waals surface area contributed by atoms with Crippen LogP contribution in [0.15, 0.2) is 53.3 Å². The molecule has 0 saturated carbocycles. The molecule has 3 aromatic rings. The molecule has 1 fully saturated rings. The van der Waals surface area contributed by atoms with Gasteiger partial charge in [0.15, 0.2) is 5.43 Å². The fraction of sp³-hybridized carbons (Fsp3) is 0.238. The Bertz CT molecular complexity index is 1040. The first-order valence-corrected chi connectivity index (χ1v) is 9.77. The van der Waals surface area contributed by atoms with Crippen molar-refractivity contribution in [2.75, 3.05) is 25.0 Å². The highest BCUT2D eigenvalue weighted by Crippen LogP contribution is 2.33. The van der Waals surface area contributed by atoms with E-state index in [1.54, 1.807) is 18.2 Å². The van der Waals surface area contributed by atoms with Gasteiger partial charge in [-0.2, -0.15) is 0 Å². The predicted octanol–water partition coefficient (Wildman–Crippen LogP) is 4.10. The molecular formula is C21H19FN2O2S. The summed E-state index contributed by atoms with van der Waals surface area (Å²) in [7, 11) is 0. The van der Waals surface area contributed by atoms with Crippen LogP contribution in [0.4, 0.5) is 9.39 Å². The number of nitrogens with one attached hydrogen (secondary N) is 1. The number of benzene rings is 2. The maximum atomic E-state index is 13.3. The second kappa shape index (κ2) is 7.58. The van der Waals surface area contributed by atoms with E-state index in [-0.39, 0.29) is 17.2 Å². The first-order chi connectivity index (χ1) is 13.1. The van der Waals surface area contributed by atoms with Crippen molar-refractivity contribution in [1.82, 2.24) is 4.90 Å². The normalized spacial score (nSPS) is 14.6. The van der Waals surface area contributed by atoms with E-state index in [0.717, 1.165) is 30.6 Å². The standard InChI is InChI=1S/C21H19FN2O2S/c22-15-9-7-14(8-10-15)19-20(26)16-5-1-2-6-17(16)27-21(19)23-18(25)13-24-11-3-4-12-24/h1-2,5-10H,3-4,11-13H2,(H,23,25). The van der Waals surface area contributed by atoms with Crippen LogP contribution in [0.5, 0.6) is 0 Å². The van der Waals surface area contributed by atoms with Gasteiger partial charge in [-0.3, -0.25) is 14.5 Å². The van der Waals surface area contributed by atoms with E-state index in [4.69, 9.17) is 0 Å². The van der Waals surface area contributed by atoms with E-state index in [2.05, 4.69) is 10.2 Å². The van der Waals surface area contributed by atoms with Crippen molar-refractivity contribution in [3.05, 3.63) is 64.6 Å². The van der Waals surface area contributed by atoms with Crippen molar-refractivity contribution in [1.29, 1.82) is 0 Å². The number of likely N-dealkylation sites (tertiary alicyclic amines) is 1. The molecule has 0 atom stereocenters. The number of halogens is 1. The summed E-state index contributed by atoms with van der Waals surface area (Å²) in [6, 6.07) is 13.1. The van der Waals surface area contributed by atoms with Crippen LogP contribution in [0.1, 0.15) is 12.8 Å². The summed E-state index contributed by atoms with van der Waals surface area (Å²) < 4.78 is 14.2. The predicted molar refractivity (Wildman–Crippen MR) is 108 cm³/mol. The fourth-order valence-electron chi connectivity index (χ4n) is 3.42. The maximum absolute atomic E-state index is 13.3.